The van der Waals surface area contributed by atoms with E-state index in [1.54, 1.807) is 0 Å². The molecule has 0 bridgehead atoms. The SMILES string of the molecule is CN(Cc1c(F)cccc1Cl)C(=O)c1cc(S(=O)(=O)N2CCOCC2)ccc1F. The monoisotopic (exact) mass is 444 g/mol. The first kappa shape index (κ1) is 21.6. The summed E-state index contributed by atoms with van der Waals surface area (Å²) in [5, 5.41) is 0.133. The summed E-state index contributed by atoms with van der Waals surface area (Å²) in [5.74, 6) is -2.26. The van der Waals surface area contributed by atoms with Crippen LogP contribution < -0.4 is 0 Å². The van der Waals surface area contributed by atoms with Crippen molar-refractivity contribution in [2.75, 3.05) is 33.4 Å². The van der Waals surface area contributed by atoms with Gasteiger partial charge in [0.25, 0.3) is 5.91 Å². The van der Waals surface area contributed by atoms with Crippen LogP contribution in [0.1, 0.15) is 15.9 Å². The average molecular weight is 445 g/mol. The molecular formula is C19H19ClF2N2O4S. The molecule has 0 atom stereocenters. The van der Waals surface area contributed by atoms with Crippen LogP contribution in [-0.4, -0.2) is 56.9 Å². The minimum Gasteiger partial charge on any atom is -0.379 e. The molecule has 1 fully saturated rings. The topological polar surface area (TPSA) is 66.9 Å². The van der Waals surface area contributed by atoms with Gasteiger partial charge in [0, 0.05) is 37.3 Å². The van der Waals surface area contributed by atoms with Gasteiger partial charge in [-0.15, -0.1) is 0 Å². The molecule has 156 valence electrons. The lowest BCUT2D eigenvalue weighted by molar-refractivity contribution is 0.0730. The smallest absolute Gasteiger partial charge is 0.256 e. The second-order valence-corrected chi connectivity index (χ2v) is 8.86. The normalized spacial score (nSPS) is 15.3. The molecule has 1 aliphatic heterocycles. The number of hydrogen-bond donors (Lipinski definition) is 0. The van der Waals surface area contributed by atoms with Crippen molar-refractivity contribution in [3.63, 3.8) is 0 Å². The molecule has 0 aliphatic carbocycles. The van der Waals surface area contributed by atoms with E-state index in [4.69, 9.17) is 16.3 Å². The van der Waals surface area contributed by atoms with E-state index in [0.29, 0.717) is 0 Å². The number of rotatable bonds is 5. The van der Waals surface area contributed by atoms with Crippen LogP contribution in [0.4, 0.5) is 8.78 Å². The Morgan fingerprint density at radius 3 is 2.52 bits per heavy atom. The molecule has 1 heterocycles. The van der Waals surface area contributed by atoms with Crippen LogP contribution in [0.2, 0.25) is 5.02 Å². The third kappa shape index (κ3) is 4.58. The average Bonchev–Trinajstić information content (AvgIpc) is 2.71. The molecule has 29 heavy (non-hydrogen) atoms. The maximum Gasteiger partial charge on any atom is 0.256 e. The Labute approximate surface area is 172 Å². The van der Waals surface area contributed by atoms with Gasteiger partial charge in [0.05, 0.1) is 23.7 Å². The van der Waals surface area contributed by atoms with Crippen LogP contribution in [0.15, 0.2) is 41.3 Å². The zero-order valence-electron chi connectivity index (χ0n) is 15.6. The number of halogens is 3. The van der Waals surface area contributed by atoms with E-state index in [2.05, 4.69) is 0 Å². The van der Waals surface area contributed by atoms with Gasteiger partial charge in [-0.1, -0.05) is 17.7 Å². The molecule has 10 heteroatoms. The fourth-order valence-electron chi connectivity index (χ4n) is 2.96. The van der Waals surface area contributed by atoms with E-state index < -0.39 is 33.1 Å². The number of carbonyl (C=O) groups is 1. The van der Waals surface area contributed by atoms with E-state index in [1.807, 2.05) is 0 Å². The maximum atomic E-state index is 14.3. The van der Waals surface area contributed by atoms with Crippen molar-refractivity contribution in [3.05, 3.63) is 64.2 Å². The van der Waals surface area contributed by atoms with Gasteiger partial charge in [-0.3, -0.25) is 4.79 Å². The van der Waals surface area contributed by atoms with Gasteiger partial charge < -0.3 is 9.64 Å². The minimum absolute atomic E-state index is 0.0857. The molecule has 0 N–H and O–H groups in total. The second kappa shape index (κ2) is 8.74. The van der Waals surface area contributed by atoms with Gasteiger partial charge in [0.1, 0.15) is 11.6 Å². The van der Waals surface area contributed by atoms with Gasteiger partial charge >= 0.3 is 0 Å². The molecule has 1 saturated heterocycles. The van der Waals surface area contributed by atoms with Gasteiger partial charge in [-0.05, 0) is 30.3 Å². The zero-order chi connectivity index (χ0) is 21.2. The Balaban J connectivity index is 1.88. The molecule has 2 aromatic carbocycles. The molecular weight excluding hydrogens is 426 g/mol. The van der Waals surface area contributed by atoms with Crippen LogP contribution in [0, 0.1) is 11.6 Å². The molecule has 0 unspecified atom stereocenters. The third-order valence-corrected chi connectivity index (χ3v) is 6.83. The lowest BCUT2D eigenvalue weighted by Gasteiger charge is -2.26. The van der Waals surface area contributed by atoms with Crippen molar-refractivity contribution >= 4 is 27.5 Å². The zero-order valence-corrected chi connectivity index (χ0v) is 17.1. The van der Waals surface area contributed by atoms with Crippen molar-refractivity contribution in [1.82, 2.24) is 9.21 Å². The molecule has 0 saturated carbocycles. The van der Waals surface area contributed by atoms with Gasteiger partial charge in [0.2, 0.25) is 10.0 Å². The van der Waals surface area contributed by atoms with E-state index in [0.717, 1.165) is 23.1 Å². The number of amides is 1. The van der Waals surface area contributed by atoms with Crippen molar-refractivity contribution < 1.29 is 26.7 Å². The molecule has 3 rings (SSSR count). The number of sulfonamides is 1. The van der Waals surface area contributed by atoms with Crippen molar-refractivity contribution in [2.45, 2.75) is 11.4 Å². The maximum absolute atomic E-state index is 14.3. The fourth-order valence-corrected chi connectivity index (χ4v) is 4.62. The fraction of sp³-hybridized carbons (Fsp3) is 0.316. The number of carbonyl (C=O) groups excluding carboxylic acids is 1. The number of nitrogens with zero attached hydrogens (tertiary/aromatic N) is 2. The van der Waals surface area contributed by atoms with E-state index in [1.165, 1.54) is 29.6 Å². The summed E-state index contributed by atoms with van der Waals surface area (Å²) < 4.78 is 60.3. The second-order valence-electron chi connectivity index (χ2n) is 6.52. The summed E-state index contributed by atoms with van der Waals surface area (Å²) in [5.41, 5.74) is -0.336. The van der Waals surface area contributed by atoms with Crippen LogP contribution in [0.3, 0.4) is 0 Å². The third-order valence-electron chi connectivity index (χ3n) is 4.58. The standard InChI is InChI=1S/C19H19ClF2N2O4S/c1-23(12-15-16(20)3-2-4-17(15)21)19(25)14-11-13(5-6-18(14)22)29(26,27)24-7-9-28-10-8-24/h2-6,11H,7-10,12H2,1H3. The Morgan fingerprint density at radius 2 is 1.86 bits per heavy atom. The summed E-state index contributed by atoms with van der Waals surface area (Å²) in [4.78, 5) is 13.6. The first-order valence-electron chi connectivity index (χ1n) is 8.77. The van der Waals surface area contributed by atoms with Crippen LogP contribution >= 0.6 is 11.6 Å². The van der Waals surface area contributed by atoms with Crippen molar-refractivity contribution in [2.24, 2.45) is 0 Å². The highest BCUT2D eigenvalue weighted by molar-refractivity contribution is 7.89. The van der Waals surface area contributed by atoms with Gasteiger partial charge in [-0.25, -0.2) is 17.2 Å². The molecule has 0 spiro atoms. The van der Waals surface area contributed by atoms with E-state index >= 15 is 0 Å². The van der Waals surface area contributed by atoms with E-state index in [9.17, 15) is 22.0 Å². The molecule has 6 nitrogen and oxygen atoms in total. The largest absolute Gasteiger partial charge is 0.379 e. The van der Waals surface area contributed by atoms with Crippen LogP contribution in [0.25, 0.3) is 0 Å². The minimum atomic E-state index is -3.90. The summed E-state index contributed by atoms with van der Waals surface area (Å²) in [6, 6.07) is 7.17. The Kier molecular flexibility index (Phi) is 6.52. The van der Waals surface area contributed by atoms with E-state index in [-0.39, 0.29) is 48.3 Å². The number of ether oxygens (including phenoxy) is 1. The summed E-state index contributed by atoms with van der Waals surface area (Å²) in [7, 11) is -2.54. The summed E-state index contributed by atoms with van der Waals surface area (Å²) in [6.45, 7) is 0.671. The van der Waals surface area contributed by atoms with Gasteiger partial charge in [0.15, 0.2) is 0 Å². The van der Waals surface area contributed by atoms with Gasteiger partial charge in [-0.2, -0.15) is 4.31 Å². The quantitative estimate of drug-likeness (QED) is 0.711. The van der Waals surface area contributed by atoms with Crippen LogP contribution in [-0.2, 0) is 21.3 Å². The Morgan fingerprint density at radius 1 is 1.17 bits per heavy atom. The molecule has 1 amide bonds. The highest BCUT2D eigenvalue weighted by Gasteiger charge is 2.28. The first-order chi connectivity index (χ1) is 13.7. The van der Waals surface area contributed by atoms with Crippen LogP contribution in [0.5, 0.6) is 0 Å². The number of morpholine rings is 1. The Bertz CT molecular complexity index is 1010. The first-order valence-corrected chi connectivity index (χ1v) is 10.6. The number of benzene rings is 2. The summed E-state index contributed by atoms with van der Waals surface area (Å²) in [6.07, 6.45) is 0. The predicted octanol–water partition coefficient (Wildman–Crippen LogP) is 2.91. The lowest BCUT2D eigenvalue weighted by Crippen LogP contribution is -2.40. The predicted molar refractivity (Wildman–Crippen MR) is 103 cm³/mol. The summed E-state index contributed by atoms with van der Waals surface area (Å²) >= 11 is 5.98. The van der Waals surface area contributed by atoms with Crippen molar-refractivity contribution in [1.29, 1.82) is 0 Å². The highest BCUT2D eigenvalue weighted by atomic mass is 35.5. The molecule has 2 aromatic rings. The number of hydrogen-bond acceptors (Lipinski definition) is 4. The Hall–Kier alpha value is -2.07. The molecule has 1 aliphatic rings. The highest BCUT2D eigenvalue weighted by Crippen LogP contribution is 2.24. The molecule has 0 aromatic heterocycles. The van der Waals surface area contributed by atoms with Crippen molar-refractivity contribution in [3.8, 4) is 0 Å². The lowest BCUT2D eigenvalue weighted by atomic mass is 10.1. The molecule has 0 radical (unpaired) electrons.